The van der Waals surface area contributed by atoms with Crippen LogP contribution in [0.5, 0.6) is 0 Å². The zero-order chi connectivity index (χ0) is 18.5. The summed E-state index contributed by atoms with van der Waals surface area (Å²) < 4.78 is 4.49. The molecule has 1 saturated heterocycles. The number of ether oxygens (including phenoxy) is 1. The molecule has 26 heavy (non-hydrogen) atoms. The fourth-order valence-corrected chi connectivity index (χ4v) is 3.07. The number of esters is 1. The van der Waals surface area contributed by atoms with Gasteiger partial charge in [-0.2, -0.15) is 0 Å². The average Bonchev–Trinajstić information content (AvgIpc) is 2.94. The van der Waals surface area contributed by atoms with E-state index in [1.165, 1.54) is 13.2 Å². The van der Waals surface area contributed by atoms with Crippen LogP contribution in [0.2, 0.25) is 0 Å². The second-order valence-electron chi connectivity index (χ2n) is 6.08. The zero-order valence-corrected chi connectivity index (χ0v) is 14.6. The van der Waals surface area contributed by atoms with Crippen LogP contribution in [-0.2, 0) is 14.3 Å². The number of aromatic nitrogens is 1. The minimum Gasteiger partial charge on any atom is -0.466 e. The Morgan fingerprint density at radius 3 is 2.58 bits per heavy atom. The third-order valence-corrected chi connectivity index (χ3v) is 4.48. The summed E-state index contributed by atoms with van der Waals surface area (Å²) in [5.74, 6) is -0.858. The molecule has 0 aliphatic carbocycles. The summed E-state index contributed by atoms with van der Waals surface area (Å²) in [5.41, 5.74) is 1.57. The normalized spacial score (nSPS) is 15.3. The number of fused-ring (bicyclic) bond motifs is 1. The van der Waals surface area contributed by atoms with Crippen LogP contribution in [0, 0.1) is 0 Å². The van der Waals surface area contributed by atoms with Crippen molar-refractivity contribution < 1.29 is 19.1 Å². The first-order valence-electron chi connectivity index (χ1n) is 8.50. The minimum absolute atomic E-state index is 0.0400. The Hall–Kier alpha value is -3.09. The van der Waals surface area contributed by atoms with Crippen molar-refractivity contribution in [3.05, 3.63) is 48.2 Å². The van der Waals surface area contributed by atoms with E-state index in [9.17, 15) is 14.4 Å². The van der Waals surface area contributed by atoms with E-state index in [0.29, 0.717) is 38.2 Å². The van der Waals surface area contributed by atoms with Crippen LogP contribution in [0.25, 0.3) is 10.9 Å². The molecule has 2 heterocycles. The molecule has 136 valence electrons. The lowest BCUT2D eigenvalue weighted by atomic mass is 10.1. The van der Waals surface area contributed by atoms with Crippen LogP contribution < -0.4 is 0 Å². The molecule has 2 aromatic rings. The number of nitrogens with zero attached hydrogens (tertiary/aromatic N) is 2. The molecule has 0 unspecified atom stereocenters. The molecule has 0 bridgehead atoms. The number of carbonyl (C=O) groups is 3. The highest BCUT2D eigenvalue weighted by atomic mass is 16.5. The van der Waals surface area contributed by atoms with E-state index in [2.05, 4.69) is 9.72 Å². The summed E-state index contributed by atoms with van der Waals surface area (Å²) >= 11 is 0. The maximum absolute atomic E-state index is 12.9. The van der Waals surface area contributed by atoms with Crippen molar-refractivity contribution >= 4 is 28.7 Å². The van der Waals surface area contributed by atoms with Crippen molar-refractivity contribution in [3.63, 3.8) is 0 Å². The topological polar surface area (TPSA) is 82.7 Å². The smallest absolute Gasteiger partial charge is 0.330 e. The summed E-state index contributed by atoms with van der Waals surface area (Å²) in [7, 11) is 1.26. The number of aromatic amines is 1. The molecule has 1 N–H and O–H groups in total. The van der Waals surface area contributed by atoms with E-state index in [1.54, 1.807) is 16.0 Å². The molecule has 1 aliphatic heterocycles. The Bertz CT molecular complexity index is 855. The molecule has 1 aromatic heterocycles. The van der Waals surface area contributed by atoms with E-state index in [1.807, 2.05) is 24.3 Å². The van der Waals surface area contributed by atoms with Crippen LogP contribution in [0.4, 0.5) is 0 Å². The molecular formula is C19H21N3O4. The van der Waals surface area contributed by atoms with Crippen molar-refractivity contribution in [3.8, 4) is 0 Å². The second kappa shape index (κ2) is 7.86. The number of hydrogen-bond donors (Lipinski definition) is 1. The largest absolute Gasteiger partial charge is 0.466 e. The maximum atomic E-state index is 12.9. The molecular weight excluding hydrogens is 334 g/mol. The first kappa shape index (κ1) is 17.7. The summed E-state index contributed by atoms with van der Waals surface area (Å²) in [6, 6.07) is 7.68. The van der Waals surface area contributed by atoms with Gasteiger partial charge in [0.05, 0.1) is 12.7 Å². The summed E-state index contributed by atoms with van der Waals surface area (Å²) in [5, 5.41) is 0.899. The standard InChI is InChI=1S/C19H21N3O4/c1-26-18(24)8-7-17(23)21-9-4-10-22(12-11-21)19(25)15-13-20-16-6-3-2-5-14(15)16/h2-3,5-8,13,20H,4,9-12H2,1H3/b8-7+. The van der Waals surface area contributed by atoms with Gasteiger partial charge in [0.15, 0.2) is 0 Å². The van der Waals surface area contributed by atoms with Gasteiger partial charge in [-0.15, -0.1) is 0 Å². The van der Waals surface area contributed by atoms with E-state index >= 15 is 0 Å². The fraction of sp³-hybridized carbons (Fsp3) is 0.316. The van der Waals surface area contributed by atoms with Crippen LogP contribution in [-0.4, -0.2) is 65.9 Å². The Kier molecular flexibility index (Phi) is 5.36. The van der Waals surface area contributed by atoms with Crippen molar-refractivity contribution in [2.45, 2.75) is 6.42 Å². The van der Waals surface area contributed by atoms with Crippen LogP contribution in [0.1, 0.15) is 16.8 Å². The lowest BCUT2D eigenvalue weighted by Crippen LogP contribution is -2.36. The number of carbonyl (C=O) groups excluding carboxylic acids is 3. The molecule has 0 spiro atoms. The number of hydrogen-bond acceptors (Lipinski definition) is 4. The Balaban J connectivity index is 1.67. The number of amides is 2. The maximum Gasteiger partial charge on any atom is 0.330 e. The Labute approximate surface area is 151 Å². The van der Waals surface area contributed by atoms with E-state index in [-0.39, 0.29) is 11.8 Å². The molecule has 2 amide bonds. The summed E-state index contributed by atoms with van der Waals surface area (Å²) in [4.78, 5) is 42.7. The predicted octanol–water partition coefficient (Wildman–Crippen LogP) is 1.57. The second-order valence-corrected chi connectivity index (χ2v) is 6.08. The van der Waals surface area contributed by atoms with Crippen molar-refractivity contribution in [2.75, 3.05) is 33.3 Å². The van der Waals surface area contributed by atoms with Crippen molar-refractivity contribution in [1.82, 2.24) is 14.8 Å². The van der Waals surface area contributed by atoms with Crippen LogP contribution >= 0.6 is 0 Å². The predicted molar refractivity (Wildman–Crippen MR) is 96.6 cm³/mol. The van der Waals surface area contributed by atoms with Crippen molar-refractivity contribution in [1.29, 1.82) is 0 Å². The average molecular weight is 355 g/mol. The van der Waals surface area contributed by atoms with Gasteiger partial charge in [-0.3, -0.25) is 9.59 Å². The van der Waals surface area contributed by atoms with Gasteiger partial charge in [-0.1, -0.05) is 18.2 Å². The van der Waals surface area contributed by atoms with Gasteiger partial charge in [0.2, 0.25) is 5.91 Å². The highest BCUT2D eigenvalue weighted by molar-refractivity contribution is 6.06. The summed E-state index contributed by atoms with van der Waals surface area (Å²) in [6.07, 6.45) is 4.75. The van der Waals surface area contributed by atoms with Crippen LogP contribution in [0.15, 0.2) is 42.6 Å². The molecule has 1 fully saturated rings. The number of rotatable bonds is 3. The van der Waals surface area contributed by atoms with Crippen molar-refractivity contribution in [2.24, 2.45) is 0 Å². The number of nitrogens with one attached hydrogen (secondary N) is 1. The Morgan fingerprint density at radius 2 is 1.77 bits per heavy atom. The zero-order valence-electron chi connectivity index (χ0n) is 14.6. The van der Waals surface area contributed by atoms with Gasteiger partial charge in [0.25, 0.3) is 5.91 Å². The van der Waals surface area contributed by atoms with E-state index in [4.69, 9.17) is 0 Å². The Morgan fingerprint density at radius 1 is 1.04 bits per heavy atom. The molecule has 3 rings (SSSR count). The molecule has 7 heteroatoms. The summed E-state index contributed by atoms with van der Waals surface area (Å²) in [6.45, 7) is 2.01. The quantitative estimate of drug-likeness (QED) is 0.669. The first-order valence-corrected chi connectivity index (χ1v) is 8.50. The highest BCUT2D eigenvalue weighted by Gasteiger charge is 2.23. The molecule has 1 aliphatic rings. The number of methoxy groups -OCH3 is 1. The lowest BCUT2D eigenvalue weighted by Gasteiger charge is -2.21. The molecule has 1 aromatic carbocycles. The minimum atomic E-state index is -0.565. The molecule has 0 saturated carbocycles. The first-order chi connectivity index (χ1) is 12.6. The molecule has 7 nitrogen and oxygen atoms in total. The molecule has 0 atom stereocenters. The highest BCUT2D eigenvalue weighted by Crippen LogP contribution is 2.20. The van der Waals surface area contributed by atoms with E-state index in [0.717, 1.165) is 17.0 Å². The van der Waals surface area contributed by atoms with Gasteiger partial charge >= 0.3 is 5.97 Å². The number of H-pyrrole nitrogens is 1. The number of benzene rings is 1. The number of para-hydroxylation sites is 1. The lowest BCUT2D eigenvalue weighted by molar-refractivity contribution is -0.135. The third-order valence-electron chi connectivity index (χ3n) is 4.48. The molecule has 0 radical (unpaired) electrons. The van der Waals surface area contributed by atoms with Crippen LogP contribution in [0.3, 0.4) is 0 Å². The van der Waals surface area contributed by atoms with Gasteiger partial charge in [-0.25, -0.2) is 4.79 Å². The fourth-order valence-electron chi connectivity index (χ4n) is 3.07. The SMILES string of the molecule is COC(=O)/C=C/C(=O)N1CCCN(C(=O)c2c[nH]c3ccccc23)CC1. The van der Waals surface area contributed by atoms with Gasteiger partial charge < -0.3 is 19.5 Å². The van der Waals surface area contributed by atoms with E-state index < -0.39 is 5.97 Å². The third kappa shape index (κ3) is 3.77. The monoisotopic (exact) mass is 355 g/mol. The van der Waals surface area contributed by atoms with Gasteiger partial charge in [0.1, 0.15) is 0 Å². The van der Waals surface area contributed by atoms with Gasteiger partial charge in [0, 0.05) is 55.4 Å². The van der Waals surface area contributed by atoms with Gasteiger partial charge in [-0.05, 0) is 12.5 Å².